The van der Waals surface area contributed by atoms with E-state index in [2.05, 4.69) is 15.5 Å². The average molecular weight is 475 g/mol. The van der Waals surface area contributed by atoms with Gasteiger partial charge in [-0.3, -0.25) is 9.36 Å². The van der Waals surface area contributed by atoms with Gasteiger partial charge < -0.3 is 14.5 Å². The number of rotatable bonds is 7. The molecule has 0 aromatic carbocycles. The van der Waals surface area contributed by atoms with Crippen molar-refractivity contribution in [2.75, 3.05) is 18.2 Å². The van der Waals surface area contributed by atoms with Crippen LogP contribution in [-0.4, -0.2) is 39.5 Å². The van der Waals surface area contributed by atoms with E-state index in [0.29, 0.717) is 27.3 Å². The largest absolute Gasteiger partial charge is 0.465 e. The minimum absolute atomic E-state index is 0.0922. The molecule has 3 aromatic rings. The second kappa shape index (κ2) is 9.91. The third-order valence-electron chi connectivity index (χ3n) is 5.32. The standard InChI is InChI=1S/C22H26N4O4S2/c1-13(2)26-19(15-9-7-11-30-15)24-25-22(26)31-12-17(27)23-20-18(21(28)29-3)14-8-5-4-6-10-16(14)32-20/h7,9,11,13H,4-6,8,10,12H2,1-3H3,(H,23,27). The van der Waals surface area contributed by atoms with Crippen LogP contribution in [0.3, 0.4) is 0 Å². The molecule has 0 unspecified atom stereocenters. The van der Waals surface area contributed by atoms with Crippen molar-refractivity contribution in [3.63, 3.8) is 0 Å². The first kappa shape index (κ1) is 22.6. The lowest BCUT2D eigenvalue weighted by Crippen LogP contribution is -2.17. The summed E-state index contributed by atoms with van der Waals surface area (Å²) in [6.45, 7) is 4.06. The van der Waals surface area contributed by atoms with Crippen molar-refractivity contribution in [3.8, 4) is 11.6 Å². The van der Waals surface area contributed by atoms with Crippen molar-refractivity contribution >= 4 is 40.0 Å². The number of aryl methyl sites for hydroxylation is 1. The molecule has 1 amide bonds. The second-order valence-electron chi connectivity index (χ2n) is 7.84. The quantitative estimate of drug-likeness (QED) is 0.293. The summed E-state index contributed by atoms with van der Waals surface area (Å²) >= 11 is 2.79. The molecule has 170 valence electrons. The number of hydrogen-bond acceptors (Lipinski definition) is 8. The van der Waals surface area contributed by atoms with Gasteiger partial charge in [-0.15, -0.1) is 21.5 Å². The van der Waals surface area contributed by atoms with Gasteiger partial charge in [-0.1, -0.05) is 18.2 Å². The van der Waals surface area contributed by atoms with Crippen molar-refractivity contribution in [1.82, 2.24) is 14.8 Å². The first-order valence-corrected chi connectivity index (χ1v) is 12.4. The SMILES string of the molecule is COC(=O)c1c(NC(=O)CSc2nnc(-c3ccco3)n2C(C)C)sc2c1CCCCC2. The average Bonchev–Trinajstić information content (AvgIpc) is 3.47. The number of thiophene rings is 1. The van der Waals surface area contributed by atoms with Crippen LogP contribution in [0.25, 0.3) is 11.6 Å². The lowest BCUT2D eigenvalue weighted by Gasteiger charge is -2.12. The van der Waals surface area contributed by atoms with E-state index in [1.165, 1.54) is 35.1 Å². The third-order valence-corrected chi connectivity index (χ3v) is 7.47. The summed E-state index contributed by atoms with van der Waals surface area (Å²) < 4.78 is 12.4. The van der Waals surface area contributed by atoms with Crippen molar-refractivity contribution in [2.45, 2.75) is 57.1 Å². The highest BCUT2D eigenvalue weighted by molar-refractivity contribution is 7.99. The molecule has 0 radical (unpaired) electrons. The van der Waals surface area contributed by atoms with Crippen LogP contribution >= 0.6 is 23.1 Å². The number of aromatic nitrogens is 3. The number of nitrogens with one attached hydrogen (secondary N) is 1. The van der Waals surface area contributed by atoms with E-state index in [9.17, 15) is 9.59 Å². The van der Waals surface area contributed by atoms with Gasteiger partial charge in [0.05, 0.1) is 24.7 Å². The Hall–Kier alpha value is -2.59. The van der Waals surface area contributed by atoms with Crippen LogP contribution in [0.1, 0.15) is 60.0 Å². The van der Waals surface area contributed by atoms with E-state index in [-0.39, 0.29) is 17.7 Å². The van der Waals surface area contributed by atoms with E-state index in [1.807, 2.05) is 24.5 Å². The number of carbonyl (C=O) groups excluding carboxylic acids is 2. The van der Waals surface area contributed by atoms with Crippen LogP contribution in [0.4, 0.5) is 5.00 Å². The highest BCUT2D eigenvalue weighted by Gasteiger charge is 2.26. The number of methoxy groups -OCH3 is 1. The smallest absolute Gasteiger partial charge is 0.341 e. The molecule has 1 N–H and O–H groups in total. The van der Waals surface area contributed by atoms with Gasteiger partial charge in [0.2, 0.25) is 11.7 Å². The lowest BCUT2D eigenvalue weighted by atomic mass is 10.1. The van der Waals surface area contributed by atoms with Crippen molar-refractivity contribution in [2.24, 2.45) is 0 Å². The van der Waals surface area contributed by atoms with Gasteiger partial charge in [0.1, 0.15) is 5.00 Å². The van der Waals surface area contributed by atoms with Crippen molar-refractivity contribution < 1.29 is 18.7 Å². The van der Waals surface area contributed by atoms with Gasteiger partial charge in [0.25, 0.3) is 0 Å². The minimum atomic E-state index is -0.394. The first-order chi connectivity index (χ1) is 15.5. The normalized spacial score (nSPS) is 13.6. The highest BCUT2D eigenvalue weighted by atomic mass is 32.2. The number of thioether (sulfide) groups is 1. The maximum atomic E-state index is 12.8. The number of ether oxygens (including phenoxy) is 1. The summed E-state index contributed by atoms with van der Waals surface area (Å²) in [6, 6.07) is 3.73. The number of nitrogens with zero attached hydrogens (tertiary/aromatic N) is 3. The van der Waals surface area contributed by atoms with Crippen LogP contribution < -0.4 is 5.32 Å². The molecular formula is C22H26N4O4S2. The molecular weight excluding hydrogens is 448 g/mol. The summed E-state index contributed by atoms with van der Waals surface area (Å²) in [5.41, 5.74) is 1.54. The molecule has 0 saturated carbocycles. The summed E-state index contributed by atoms with van der Waals surface area (Å²) in [5.74, 6) is 0.809. The van der Waals surface area contributed by atoms with E-state index < -0.39 is 5.97 Å². The zero-order chi connectivity index (χ0) is 22.7. The molecule has 1 aliphatic carbocycles. The molecule has 0 bridgehead atoms. The van der Waals surface area contributed by atoms with Gasteiger partial charge >= 0.3 is 5.97 Å². The van der Waals surface area contributed by atoms with E-state index in [0.717, 1.165) is 37.7 Å². The van der Waals surface area contributed by atoms with Crippen LogP contribution in [0.5, 0.6) is 0 Å². The number of fused-ring (bicyclic) bond motifs is 1. The van der Waals surface area contributed by atoms with Crippen LogP contribution in [0.15, 0.2) is 28.0 Å². The lowest BCUT2D eigenvalue weighted by molar-refractivity contribution is -0.113. The number of anilines is 1. The Morgan fingerprint density at radius 3 is 2.81 bits per heavy atom. The molecule has 0 fully saturated rings. The first-order valence-electron chi connectivity index (χ1n) is 10.6. The molecule has 1 aliphatic rings. The fraction of sp³-hybridized carbons (Fsp3) is 0.455. The van der Waals surface area contributed by atoms with Gasteiger partial charge in [-0.25, -0.2) is 4.79 Å². The summed E-state index contributed by atoms with van der Waals surface area (Å²) in [4.78, 5) is 26.4. The summed E-state index contributed by atoms with van der Waals surface area (Å²) in [7, 11) is 1.37. The van der Waals surface area contributed by atoms with Gasteiger partial charge in [-0.05, 0) is 57.2 Å². The number of amides is 1. The van der Waals surface area contributed by atoms with Crippen LogP contribution in [0.2, 0.25) is 0 Å². The Labute approximate surface area is 194 Å². The molecule has 0 saturated heterocycles. The van der Waals surface area contributed by atoms with Crippen molar-refractivity contribution in [1.29, 1.82) is 0 Å². The number of hydrogen-bond donors (Lipinski definition) is 1. The fourth-order valence-electron chi connectivity index (χ4n) is 3.86. The minimum Gasteiger partial charge on any atom is -0.465 e. The maximum absolute atomic E-state index is 12.8. The van der Waals surface area contributed by atoms with E-state index in [1.54, 1.807) is 12.3 Å². The monoisotopic (exact) mass is 474 g/mol. The molecule has 0 atom stereocenters. The van der Waals surface area contributed by atoms with Gasteiger partial charge in [0.15, 0.2) is 10.9 Å². The van der Waals surface area contributed by atoms with Crippen molar-refractivity contribution in [3.05, 3.63) is 34.4 Å². The summed E-state index contributed by atoms with van der Waals surface area (Å²) in [6.07, 6.45) is 6.66. The highest BCUT2D eigenvalue weighted by Crippen LogP contribution is 2.38. The maximum Gasteiger partial charge on any atom is 0.341 e. The fourth-order valence-corrected chi connectivity index (χ4v) is 6.02. The van der Waals surface area contributed by atoms with Crippen LogP contribution in [0, 0.1) is 0 Å². The number of carbonyl (C=O) groups is 2. The molecule has 10 heteroatoms. The van der Waals surface area contributed by atoms with Crippen LogP contribution in [-0.2, 0) is 22.4 Å². The Kier molecular flexibility index (Phi) is 7.00. The number of furan rings is 1. The topological polar surface area (TPSA) is 99.2 Å². The molecule has 32 heavy (non-hydrogen) atoms. The molecule has 0 spiro atoms. The molecule has 0 aliphatic heterocycles. The van der Waals surface area contributed by atoms with Gasteiger partial charge in [-0.2, -0.15) is 0 Å². The Bertz CT molecular complexity index is 1100. The van der Waals surface area contributed by atoms with Gasteiger partial charge in [0, 0.05) is 10.9 Å². The zero-order valence-corrected chi connectivity index (χ0v) is 20.0. The third kappa shape index (κ3) is 4.61. The molecule has 3 heterocycles. The Morgan fingerprint density at radius 1 is 1.28 bits per heavy atom. The molecule has 3 aromatic heterocycles. The Morgan fingerprint density at radius 2 is 2.09 bits per heavy atom. The predicted octanol–water partition coefficient (Wildman–Crippen LogP) is 4.97. The zero-order valence-electron chi connectivity index (χ0n) is 18.3. The second-order valence-corrected chi connectivity index (χ2v) is 9.89. The van der Waals surface area contributed by atoms with E-state index >= 15 is 0 Å². The summed E-state index contributed by atoms with van der Waals surface area (Å²) in [5, 5.41) is 12.7. The van der Waals surface area contributed by atoms with E-state index in [4.69, 9.17) is 9.15 Å². The molecule has 8 nitrogen and oxygen atoms in total. The number of esters is 1. The Balaban J connectivity index is 1.50. The molecule has 4 rings (SSSR count). The predicted molar refractivity (Wildman–Crippen MR) is 124 cm³/mol.